The Kier molecular flexibility index (Phi) is 5.29. The van der Waals surface area contributed by atoms with Crippen molar-refractivity contribution in [2.75, 3.05) is 6.61 Å². The summed E-state index contributed by atoms with van der Waals surface area (Å²) < 4.78 is 30.2. The van der Waals surface area contributed by atoms with Crippen LogP contribution in [-0.4, -0.2) is 26.2 Å². The van der Waals surface area contributed by atoms with Crippen molar-refractivity contribution in [1.82, 2.24) is 0 Å². The molecular weight excluding hydrogens is 336 g/mol. The van der Waals surface area contributed by atoms with Gasteiger partial charge >= 0.3 is 0 Å². The number of hydrogen-bond acceptors (Lipinski definition) is 4. The molecule has 0 aliphatic heterocycles. The molecule has 4 nitrogen and oxygen atoms in total. The average molecular weight is 367 g/mol. The lowest BCUT2D eigenvalue weighted by Gasteiger charge is -2.45. The summed E-state index contributed by atoms with van der Waals surface area (Å²) in [5.74, 6) is 0.906. The molecule has 2 fully saturated rings. The molecule has 0 radical (unpaired) electrons. The second-order valence-corrected chi connectivity index (χ2v) is 9.90. The van der Waals surface area contributed by atoms with Crippen LogP contribution in [0.1, 0.15) is 51.5 Å². The van der Waals surface area contributed by atoms with Crippen molar-refractivity contribution in [3.63, 3.8) is 0 Å². The zero-order valence-electron chi connectivity index (χ0n) is 15.4. The third-order valence-electron chi connectivity index (χ3n) is 6.65. The van der Waals surface area contributed by atoms with Crippen LogP contribution in [0.15, 0.2) is 29.2 Å². The Bertz CT molecular complexity index is 697. The summed E-state index contributed by atoms with van der Waals surface area (Å²) in [6, 6.07) is 6.76. The molecule has 5 heteroatoms. The molecule has 25 heavy (non-hydrogen) atoms. The van der Waals surface area contributed by atoms with E-state index in [1.807, 2.05) is 6.92 Å². The van der Waals surface area contributed by atoms with Gasteiger partial charge in [-0.25, -0.2) is 0 Å². The fourth-order valence-corrected chi connectivity index (χ4v) is 6.21. The summed E-state index contributed by atoms with van der Waals surface area (Å²) >= 11 is 0. The minimum atomic E-state index is -3.71. The van der Waals surface area contributed by atoms with Gasteiger partial charge in [-0.1, -0.05) is 38.0 Å². The highest BCUT2D eigenvalue weighted by Crippen LogP contribution is 2.57. The Balaban J connectivity index is 1.66. The topological polar surface area (TPSA) is 63.6 Å². The molecule has 140 valence electrons. The number of aliphatic hydroxyl groups is 1. The van der Waals surface area contributed by atoms with E-state index < -0.39 is 10.1 Å². The number of benzene rings is 1. The highest BCUT2D eigenvalue weighted by Gasteiger charge is 2.52. The Morgan fingerprint density at radius 1 is 1.24 bits per heavy atom. The monoisotopic (exact) mass is 366 g/mol. The van der Waals surface area contributed by atoms with Gasteiger partial charge in [-0.15, -0.1) is 0 Å². The highest BCUT2D eigenvalue weighted by atomic mass is 32.2. The summed E-state index contributed by atoms with van der Waals surface area (Å²) in [4.78, 5) is 0.217. The number of aryl methyl sites for hydroxylation is 1. The minimum absolute atomic E-state index is 0.105. The predicted octanol–water partition coefficient (Wildman–Crippen LogP) is 3.91. The minimum Gasteiger partial charge on any atom is -0.393 e. The molecule has 1 aromatic rings. The van der Waals surface area contributed by atoms with Gasteiger partial charge in [0.15, 0.2) is 0 Å². The van der Waals surface area contributed by atoms with E-state index in [2.05, 4.69) is 13.8 Å². The predicted molar refractivity (Wildman–Crippen MR) is 97.7 cm³/mol. The maximum Gasteiger partial charge on any atom is 0.296 e. The lowest BCUT2D eigenvalue weighted by Crippen LogP contribution is -2.42. The van der Waals surface area contributed by atoms with E-state index in [0.29, 0.717) is 11.8 Å². The molecule has 0 spiro atoms. The van der Waals surface area contributed by atoms with Gasteiger partial charge in [0.1, 0.15) is 0 Å². The van der Waals surface area contributed by atoms with Crippen molar-refractivity contribution >= 4 is 10.1 Å². The van der Waals surface area contributed by atoms with Crippen molar-refractivity contribution < 1.29 is 17.7 Å². The van der Waals surface area contributed by atoms with Crippen molar-refractivity contribution in [3.8, 4) is 0 Å². The molecular formula is C20H30O4S. The molecule has 2 aliphatic carbocycles. The van der Waals surface area contributed by atoms with Gasteiger partial charge in [0, 0.05) is 0 Å². The Morgan fingerprint density at radius 2 is 1.92 bits per heavy atom. The molecule has 0 aromatic heterocycles. The highest BCUT2D eigenvalue weighted by molar-refractivity contribution is 7.86. The van der Waals surface area contributed by atoms with Crippen molar-refractivity contribution in [1.29, 1.82) is 0 Å². The first kappa shape index (κ1) is 18.9. The molecule has 2 saturated carbocycles. The quantitative estimate of drug-likeness (QED) is 0.803. The van der Waals surface area contributed by atoms with Crippen LogP contribution in [0.25, 0.3) is 0 Å². The summed E-state index contributed by atoms with van der Waals surface area (Å²) in [6.07, 6.45) is 4.96. The van der Waals surface area contributed by atoms with Gasteiger partial charge in [-0.3, -0.25) is 4.18 Å². The number of fused-ring (bicyclic) bond motifs is 1. The van der Waals surface area contributed by atoms with E-state index in [0.717, 1.165) is 37.7 Å². The number of hydrogen-bond donors (Lipinski definition) is 1. The van der Waals surface area contributed by atoms with Crippen molar-refractivity contribution in [2.24, 2.45) is 23.2 Å². The Labute approximate surface area is 151 Å². The molecule has 1 N–H and O–H groups in total. The molecule has 0 bridgehead atoms. The van der Waals surface area contributed by atoms with Crippen LogP contribution in [-0.2, 0) is 14.3 Å². The van der Waals surface area contributed by atoms with Crippen molar-refractivity contribution in [3.05, 3.63) is 29.8 Å². The molecule has 0 saturated heterocycles. The Hall–Kier alpha value is -0.910. The molecule has 1 aromatic carbocycles. The summed E-state index contributed by atoms with van der Waals surface area (Å²) in [5, 5.41) is 10.3. The fourth-order valence-electron chi connectivity index (χ4n) is 5.21. The lowest BCUT2D eigenvalue weighted by atomic mass is 9.62. The van der Waals surface area contributed by atoms with Crippen LogP contribution in [0, 0.1) is 30.1 Å². The molecule has 0 heterocycles. The normalized spacial score (nSPS) is 33.8. The van der Waals surface area contributed by atoms with Crippen LogP contribution < -0.4 is 0 Å². The van der Waals surface area contributed by atoms with Gasteiger partial charge in [0.2, 0.25) is 0 Å². The molecule has 0 unspecified atom stereocenters. The van der Waals surface area contributed by atoms with Gasteiger partial charge in [0.25, 0.3) is 10.1 Å². The maximum absolute atomic E-state index is 12.4. The first-order chi connectivity index (χ1) is 11.7. The first-order valence-electron chi connectivity index (χ1n) is 9.38. The summed E-state index contributed by atoms with van der Waals surface area (Å²) in [5.41, 5.74) is 1.13. The smallest absolute Gasteiger partial charge is 0.296 e. The van der Waals surface area contributed by atoms with Crippen molar-refractivity contribution in [2.45, 2.75) is 63.9 Å². The van der Waals surface area contributed by atoms with Gasteiger partial charge in [0.05, 0.1) is 17.6 Å². The lowest BCUT2D eigenvalue weighted by molar-refractivity contribution is -0.0307. The molecule has 5 atom stereocenters. The van der Waals surface area contributed by atoms with E-state index >= 15 is 0 Å². The molecule has 0 amide bonds. The van der Waals surface area contributed by atoms with Gasteiger partial charge in [-0.2, -0.15) is 8.42 Å². The van der Waals surface area contributed by atoms with Crippen LogP contribution in [0.4, 0.5) is 0 Å². The second kappa shape index (κ2) is 7.01. The molecule has 3 rings (SSSR count). The van der Waals surface area contributed by atoms with E-state index in [4.69, 9.17) is 4.18 Å². The fraction of sp³-hybridized carbons (Fsp3) is 0.700. The van der Waals surface area contributed by atoms with Gasteiger partial charge < -0.3 is 5.11 Å². The first-order valence-corrected chi connectivity index (χ1v) is 10.8. The SMILES string of the molecule is Cc1ccc(S(=O)(=O)OC[C@H](C)[C@@H]2CC[C@@H]3[C@H](O)CCC[C@]32C)cc1. The van der Waals surface area contributed by atoms with Crippen LogP contribution in [0.2, 0.25) is 0 Å². The summed E-state index contributed by atoms with van der Waals surface area (Å²) in [7, 11) is -3.71. The van der Waals surface area contributed by atoms with E-state index in [1.165, 1.54) is 0 Å². The summed E-state index contributed by atoms with van der Waals surface area (Å²) in [6.45, 7) is 6.50. The molecule has 2 aliphatic rings. The zero-order chi connectivity index (χ0) is 18.2. The van der Waals surface area contributed by atoms with Crippen LogP contribution >= 0.6 is 0 Å². The third kappa shape index (κ3) is 3.64. The standard InChI is InChI=1S/C20H30O4S/c1-14-6-8-16(9-7-14)25(22,23)24-13-15(2)17-10-11-18-19(21)5-4-12-20(17,18)3/h6-9,15,17-19,21H,4-5,10-13H2,1-3H3/t15-,17-,18+,19+,20-/m0/s1. The maximum atomic E-state index is 12.4. The van der Waals surface area contributed by atoms with E-state index in [1.54, 1.807) is 24.3 Å². The third-order valence-corrected chi connectivity index (χ3v) is 7.94. The van der Waals surface area contributed by atoms with Crippen LogP contribution in [0.5, 0.6) is 0 Å². The van der Waals surface area contributed by atoms with Gasteiger partial charge in [-0.05, 0) is 67.9 Å². The zero-order valence-corrected chi connectivity index (χ0v) is 16.3. The number of rotatable bonds is 5. The largest absolute Gasteiger partial charge is 0.393 e. The van der Waals surface area contributed by atoms with E-state index in [-0.39, 0.29) is 28.9 Å². The Morgan fingerprint density at radius 3 is 2.60 bits per heavy atom. The van der Waals surface area contributed by atoms with E-state index in [9.17, 15) is 13.5 Å². The average Bonchev–Trinajstić information content (AvgIpc) is 2.92. The second-order valence-electron chi connectivity index (χ2n) is 8.28. The number of aliphatic hydroxyl groups excluding tert-OH is 1. The van der Waals surface area contributed by atoms with Crippen LogP contribution in [0.3, 0.4) is 0 Å².